The van der Waals surface area contributed by atoms with Crippen molar-refractivity contribution in [2.45, 2.75) is 12.5 Å². The van der Waals surface area contributed by atoms with E-state index in [2.05, 4.69) is 10.1 Å². The minimum atomic E-state index is -1.04. The van der Waals surface area contributed by atoms with Crippen molar-refractivity contribution in [3.05, 3.63) is 70.8 Å². The number of carbonyl (C=O) groups is 2. The maximum atomic E-state index is 13.2. The molecule has 0 saturated heterocycles. The van der Waals surface area contributed by atoms with Crippen molar-refractivity contribution in [2.24, 2.45) is 0 Å². The maximum Gasteiger partial charge on any atom is 0.328 e. The zero-order valence-corrected chi connectivity index (χ0v) is 13.3. The van der Waals surface area contributed by atoms with Gasteiger partial charge in [0.1, 0.15) is 17.7 Å². The molecule has 0 aliphatic heterocycles. The molecule has 1 N–H and O–H groups in total. The highest BCUT2D eigenvalue weighted by atomic mass is 19.1. The summed E-state index contributed by atoms with van der Waals surface area (Å²) in [6.07, 6.45) is 0.0991. The molecule has 0 unspecified atom stereocenters. The van der Waals surface area contributed by atoms with Crippen LogP contribution in [0.4, 0.5) is 8.78 Å². The van der Waals surface area contributed by atoms with Crippen LogP contribution in [-0.2, 0) is 16.0 Å². The topological polar surface area (TPSA) is 79.2 Å². The van der Waals surface area contributed by atoms with Gasteiger partial charge in [0, 0.05) is 18.1 Å². The number of nitrogens with zero attached hydrogens (tertiary/aromatic N) is 1. The number of esters is 1. The summed E-state index contributed by atoms with van der Waals surface area (Å²) < 4.78 is 31.1. The number of rotatable bonds is 5. The number of carbonyl (C=O) groups excluding carboxylic acids is 2. The van der Waals surface area contributed by atoms with Crippen molar-refractivity contribution in [3.63, 3.8) is 0 Å². The Morgan fingerprint density at radius 2 is 1.76 bits per heavy atom. The number of nitrogens with one attached hydrogen (secondary N) is 1. The Kier molecular flexibility index (Phi) is 5.79. The van der Waals surface area contributed by atoms with Gasteiger partial charge < -0.3 is 10.1 Å². The lowest BCUT2D eigenvalue weighted by molar-refractivity contribution is -0.142. The predicted octanol–water partition coefficient (Wildman–Crippen LogP) is 2.35. The second-order valence-electron chi connectivity index (χ2n) is 5.22. The average Bonchev–Trinajstić information content (AvgIpc) is 2.60. The van der Waals surface area contributed by atoms with Crippen LogP contribution in [0.5, 0.6) is 0 Å². The zero-order chi connectivity index (χ0) is 18.4. The molecule has 0 bridgehead atoms. The Morgan fingerprint density at radius 1 is 1.16 bits per heavy atom. The summed E-state index contributed by atoms with van der Waals surface area (Å²) in [5, 5.41) is 11.2. The second kappa shape index (κ2) is 8.02. The molecule has 5 nitrogen and oxygen atoms in total. The van der Waals surface area contributed by atoms with E-state index in [1.54, 1.807) is 24.3 Å². The first-order valence-electron chi connectivity index (χ1n) is 7.26. The van der Waals surface area contributed by atoms with Gasteiger partial charge in [0.2, 0.25) is 0 Å². The molecule has 2 rings (SSSR count). The Labute approximate surface area is 142 Å². The molecule has 0 aliphatic carbocycles. The van der Waals surface area contributed by atoms with E-state index in [9.17, 15) is 18.4 Å². The third kappa shape index (κ3) is 4.85. The fraction of sp³-hybridized carbons (Fsp3) is 0.167. The van der Waals surface area contributed by atoms with Gasteiger partial charge in [-0.05, 0) is 29.8 Å². The van der Waals surface area contributed by atoms with Crippen molar-refractivity contribution < 1.29 is 23.1 Å². The van der Waals surface area contributed by atoms with E-state index in [0.29, 0.717) is 17.2 Å². The Hall–Kier alpha value is -3.27. The van der Waals surface area contributed by atoms with Crippen molar-refractivity contribution >= 4 is 11.9 Å². The smallest absolute Gasteiger partial charge is 0.328 e. The maximum absolute atomic E-state index is 13.2. The SMILES string of the molecule is COC(=O)[C@H](Cc1ccc(C#N)cc1)NC(=O)c1cc(F)cc(F)c1. The van der Waals surface area contributed by atoms with E-state index in [4.69, 9.17) is 5.26 Å². The summed E-state index contributed by atoms with van der Waals surface area (Å²) in [7, 11) is 1.17. The molecule has 0 aliphatic rings. The standard InChI is InChI=1S/C18H14F2N2O3/c1-25-18(24)16(6-11-2-4-12(10-21)5-3-11)22-17(23)13-7-14(19)9-15(20)8-13/h2-5,7-9,16H,6H2,1H3,(H,22,23)/t16-/m0/s1. The van der Waals surface area contributed by atoms with E-state index in [-0.39, 0.29) is 12.0 Å². The molecule has 1 amide bonds. The van der Waals surface area contributed by atoms with Crippen LogP contribution in [0.1, 0.15) is 21.5 Å². The third-order valence-corrected chi connectivity index (χ3v) is 3.44. The lowest BCUT2D eigenvalue weighted by Crippen LogP contribution is -2.43. The summed E-state index contributed by atoms with van der Waals surface area (Å²) >= 11 is 0. The van der Waals surface area contributed by atoms with Crippen LogP contribution in [-0.4, -0.2) is 25.0 Å². The first-order valence-corrected chi connectivity index (χ1v) is 7.26. The van der Waals surface area contributed by atoms with E-state index in [1.807, 2.05) is 6.07 Å². The molecule has 0 fully saturated rings. The van der Waals surface area contributed by atoms with Crippen molar-refractivity contribution in [2.75, 3.05) is 7.11 Å². The lowest BCUT2D eigenvalue weighted by atomic mass is 10.0. The van der Waals surface area contributed by atoms with E-state index < -0.39 is 29.6 Å². The zero-order valence-electron chi connectivity index (χ0n) is 13.3. The fourth-order valence-electron chi connectivity index (χ4n) is 2.21. The monoisotopic (exact) mass is 344 g/mol. The van der Waals surface area contributed by atoms with Crippen LogP contribution in [0.15, 0.2) is 42.5 Å². The van der Waals surface area contributed by atoms with E-state index in [0.717, 1.165) is 12.1 Å². The van der Waals surface area contributed by atoms with Gasteiger partial charge in [0.25, 0.3) is 5.91 Å². The Balaban J connectivity index is 2.18. The molecule has 2 aromatic carbocycles. The van der Waals surface area contributed by atoms with Gasteiger partial charge in [-0.1, -0.05) is 12.1 Å². The summed E-state index contributed by atoms with van der Waals surface area (Å²) in [5.74, 6) is -3.30. The fourth-order valence-corrected chi connectivity index (χ4v) is 2.21. The van der Waals surface area contributed by atoms with Crippen LogP contribution < -0.4 is 5.32 Å². The van der Waals surface area contributed by atoms with Gasteiger partial charge in [-0.2, -0.15) is 5.26 Å². The molecule has 0 radical (unpaired) electrons. The van der Waals surface area contributed by atoms with Crippen molar-refractivity contribution in [1.29, 1.82) is 5.26 Å². The molecule has 7 heteroatoms. The first kappa shape index (κ1) is 18.1. The number of nitriles is 1. The second-order valence-corrected chi connectivity index (χ2v) is 5.22. The number of hydrogen-bond acceptors (Lipinski definition) is 4. The number of benzene rings is 2. The Bertz CT molecular complexity index is 809. The minimum Gasteiger partial charge on any atom is -0.467 e. The third-order valence-electron chi connectivity index (χ3n) is 3.44. The number of halogens is 2. The highest BCUT2D eigenvalue weighted by Crippen LogP contribution is 2.11. The Morgan fingerprint density at radius 3 is 2.28 bits per heavy atom. The van der Waals surface area contributed by atoms with Crippen LogP contribution >= 0.6 is 0 Å². The highest BCUT2D eigenvalue weighted by Gasteiger charge is 2.23. The van der Waals surface area contributed by atoms with Crippen LogP contribution in [0.25, 0.3) is 0 Å². The molecule has 0 aromatic heterocycles. The quantitative estimate of drug-likeness (QED) is 0.845. The average molecular weight is 344 g/mol. The van der Waals surface area contributed by atoms with E-state index >= 15 is 0 Å². The van der Waals surface area contributed by atoms with Crippen LogP contribution in [0.2, 0.25) is 0 Å². The molecule has 25 heavy (non-hydrogen) atoms. The van der Waals surface area contributed by atoms with Gasteiger partial charge in [-0.3, -0.25) is 4.79 Å². The first-order chi connectivity index (χ1) is 11.9. The van der Waals surface area contributed by atoms with Gasteiger partial charge in [0.15, 0.2) is 0 Å². The van der Waals surface area contributed by atoms with Gasteiger partial charge >= 0.3 is 5.97 Å². The van der Waals surface area contributed by atoms with Crippen LogP contribution in [0, 0.1) is 23.0 Å². The molecule has 0 saturated carbocycles. The summed E-state index contributed by atoms with van der Waals surface area (Å²) in [4.78, 5) is 24.1. The number of methoxy groups -OCH3 is 1. The number of amides is 1. The largest absolute Gasteiger partial charge is 0.467 e. The molecular weight excluding hydrogens is 330 g/mol. The minimum absolute atomic E-state index is 0.0991. The van der Waals surface area contributed by atoms with Crippen molar-refractivity contribution in [1.82, 2.24) is 5.32 Å². The molecule has 0 heterocycles. The van der Waals surface area contributed by atoms with Crippen LogP contribution in [0.3, 0.4) is 0 Å². The van der Waals surface area contributed by atoms with Gasteiger partial charge in [0.05, 0.1) is 18.7 Å². The predicted molar refractivity (Wildman–Crippen MR) is 84.5 cm³/mol. The van der Waals surface area contributed by atoms with Gasteiger partial charge in [-0.15, -0.1) is 0 Å². The van der Waals surface area contributed by atoms with Crippen molar-refractivity contribution in [3.8, 4) is 6.07 Å². The molecule has 1 atom stereocenters. The summed E-state index contributed by atoms with van der Waals surface area (Å²) in [6, 6.07) is 9.75. The highest BCUT2D eigenvalue weighted by molar-refractivity contribution is 5.96. The number of hydrogen-bond donors (Lipinski definition) is 1. The van der Waals surface area contributed by atoms with Gasteiger partial charge in [-0.25, -0.2) is 13.6 Å². The molecule has 0 spiro atoms. The lowest BCUT2D eigenvalue weighted by Gasteiger charge is -2.17. The number of ether oxygens (including phenoxy) is 1. The summed E-state index contributed by atoms with van der Waals surface area (Å²) in [6.45, 7) is 0. The normalized spacial score (nSPS) is 11.3. The molecule has 128 valence electrons. The van der Waals surface area contributed by atoms with E-state index in [1.165, 1.54) is 7.11 Å². The molecule has 2 aromatic rings. The molecular formula is C18H14F2N2O3. The summed E-state index contributed by atoms with van der Waals surface area (Å²) in [5.41, 5.74) is 0.893.